The second kappa shape index (κ2) is 12.4. The molecule has 2 N–H and O–H groups in total. The minimum Gasteiger partial charge on any atom is -0.394 e. The molecule has 1 rings (SSSR count). The molecule has 1 aliphatic heterocycles. The van der Waals surface area contributed by atoms with Crippen LogP contribution >= 0.6 is 0 Å². The summed E-state index contributed by atoms with van der Waals surface area (Å²) < 4.78 is 11.2. The topological polar surface area (TPSA) is 58.9 Å². The molecule has 0 saturated carbocycles. The fraction of sp³-hybridized carbons (Fsp3) is 0.714. The third-order valence-corrected chi connectivity index (χ3v) is 4.38. The van der Waals surface area contributed by atoms with Gasteiger partial charge in [-0.05, 0) is 53.4 Å². The van der Waals surface area contributed by atoms with Crippen molar-refractivity contribution in [3.63, 3.8) is 0 Å². The van der Waals surface area contributed by atoms with Gasteiger partial charge in [0.2, 0.25) is 0 Å². The van der Waals surface area contributed by atoms with E-state index in [2.05, 4.69) is 45.9 Å². The number of ether oxygens (including phenoxy) is 2. The molecule has 0 aliphatic carbocycles. The number of aliphatic hydroxyl groups excluding tert-OH is 2. The second-order valence-electron chi connectivity index (χ2n) is 7.29. The molecule has 25 heavy (non-hydrogen) atoms. The Hall–Kier alpha value is -0.940. The van der Waals surface area contributed by atoms with E-state index in [1.165, 1.54) is 16.7 Å². The highest BCUT2D eigenvalue weighted by Gasteiger charge is 2.28. The van der Waals surface area contributed by atoms with E-state index in [0.29, 0.717) is 19.4 Å². The summed E-state index contributed by atoms with van der Waals surface area (Å²) in [6.45, 7) is 8.99. The van der Waals surface area contributed by atoms with Crippen molar-refractivity contribution in [2.45, 2.75) is 84.7 Å². The first-order valence-electron chi connectivity index (χ1n) is 9.41. The molecule has 0 amide bonds. The first kappa shape index (κ1) is 22.1. The number of hydrogen-bond acceptors (Lipinski definition) is 4. The van der Waals surface area contributed by atoms with Crippen molar-refractivity contribution < 1.29 is 19.7 Å². The summed E-state index contributed by atoms with van der Waals surface area (Å²) in [5.74, 6) is 0. The number of rotatable bonds is 10. The molecule has 1 aliphatic rings. The van der Waals surface area contributed by atoms with Crippen molar-refractivity contribution in [2.75, 3.05) is 13.2 Å². The summed E-state index contributed by atoms with van der Waals surface area (Å²) in [5.41, 5.74) is 4.12. The molecule has 0 aromatic rings. The maximum atomic E-state index is 9.75. The summed E-state index contributed by atoms with van der Waals surface area (Å²) >= 11 is 0. The summed E-state index contributed by atoms with van der Waals surface area (Å²) in [6.07, 6.45) is 10.7. The van der Waals surface area contributed by atoms with Gasteiger partial charge in [-0.3, -0.25) is 0 Å². The lowest BCUT2D eigenvalue weighted by Crippen LogP contribution is -2.38. The standard InChI is InChI=1S/C21H36O4/c1-16(2)7-5-8-17(3)9-6-10-18(4)11-12-24-21-14-19(23)13-20(15-22)25-21/h7,9,11,19-23H,5-6,8,10,12-15H2,1-4H3/b17-9+,18-11+/t19?,20-,21?/m0/s1. The highest BCUT2D eigenvalue weighted by molar-refractivity contribution is 5.05. The minimum absolute atomic E-state index is 0.0783. The van der Waals surface area contributed by atoms with Crippen molar-refractivity contribution in [1.29, 1.82) is 0 Å². The van der Waals surface area contributed by atoms with Crippen molar-refractivity contribution >= 4 is 0 Å². The van der Waals surface area contributed by atoms with Gasteiger partial charge in [-0.2, -0.15) is 0 Å². The molecule has 4 heteroatoms. The van der Waals surface area contributed by atoms with E-state index in [1.54, 1.807) is 0 Å². The molecule has 0 aromatic heterocycles. The van der Waals surface area contributed by atoms with Gasteiger partial charge in [0.15, 0.2) is 6.29 Å². The molecule has 0 bridgehead atoms. The summed E-state index contributed by atoms with van der Waals surface area (Å²) in [6, 6.07) is 0. The van der Waals surface area contributed by atoms with Crippen LogP contribution in [0.15, 0.2) is 34.9 Å². The van der Waals surface area contributed by atoms with Crippen LogP contribution in [-0.4, -0.2) is 41.9 Å². The lowest BCUT2D eigenvalue weighted by atomic mass is 10.1. The van der Waals surface area contributed by atoms with E-state index >= 15 is 0 Å². The van der Waals surface area contributed by atoms with Gasteiger partial charge in [0.25, 0.3) is 0 Å². The van der Waals surface area contributed by atoms with E-state index < -0.39 is 12.4 Å². The monoisotopic (exact) mass is 352 g/mol. The van der Waals surface area contributed by atoms with Crippen molar-refractivity contribution in [1.82, 2.24) is 0 Å². The summed E-state index contributed by atoms with van der Waals surface area (Å²) in [4.78, 5) is 0. The largest absolute Gasteiger partial charge is 0.394 e. The molecule has 1 fully saturated rings. The first-order chi connectivity index (χ1) is 11.9. The molecule has 1 saturated heterocycles. The Labute approximate surface area is 153 Å². The maximum absolute atomic E-state index is 9.75. The lowest BCUT2D eigenvalue weighted by molar-refractivity contribution is -0.217. The van der Waals surface area contributed by atoms with Crippen LogP contribution in [-0.2, 0) is 9.47 Å². The zero-order valence-electron chi connectivity index (χ0n) is 16.3. The highest BCUT2D eigenvalue weighted by Crippen LogP contribution is 2.20. The summed E-state index contributed by atoms with van der Waals surface area (Å²) in [7, 11) is 0. The molecular formula is C21H36O4. The third-order valence-electron chi connectivity index (χ3n) is 4.38. The quantitative estimate of drug-likeness (QED) is 0.576. The molecular weight excluding hydrogens is 316 g/mol. The molecule has 1 heterocycles. The van der Waals surface area contributed by atoms with Crippen LogP contribution in [0.2, 0.25) is 0 Å². The molecule has 144 valence electrons. The van der Waals surface area contributed by atoms with E-state index in [1.807, 2.05) is 0 Å². The Morgan fingerprint density at radius 3 is 2.28 bits per heavy atom. The predicted molar refractivity (Wildman–Crippen MR) is 102 cm³/mol. The Balaban J connectivity index is 2.24. The van der Waals surface area contributed by atoms with Gasteiger partial charge in [0.1, 0.15) is 0 Å². The van der Waals surface area contributed by atoms with Gasteiger partial charge in [-0.15, -0.1) is 0 Å². The maximum Gasteiger partial charge on any atom is 0.160 e. The normalized spacial score (nSPS) is 25.1. The van der Waals surface area contributed by atoms with Gasteiger partial charge >= 0.3 is 0 Å². The first-order valence-corrected chi connectivity index (χ1v) is 9.41. The van der Waals surface area contributed by atoms with Gasteiger partial charge in [0.05, 0.1) is 25.4 Å². The Kier molecular flexibility index (Phi) is 11.0. The lowest BCUT2D eigenvalue weighted by Gasteiger charge is -2.31. The zero-order chi connectivity index (χ0) is 18.7. The van der Waals surface area contributed by atoms with E-state index in [-0.39, 0.29) is 12.7 Å². The summed E-state index contributed by atoms with van der Waals surface area (Å²) in [5, 5.41) is 18.9. The fourth-order valence-corrected chi connectivity index (χ4v) is 2.81. The van der Waals surface area contributed by atoms with E-state index in [9.17, 15) is 5.11 Å². The van der Waals surface area contributed by atoms with Crippen LogP contribution in [0, 0.1) is 0 Å². The molecule has 2 unspecified atom stereocenters. The number of allylic oxidation sites excluding steroid dienone is 5. The molecule has 0 spiro atoms. The van der Waals surface area contributed by atoms with Gasteiger partial charge in [-0.1, -0.05) is 34.9 Å². The Bertz CT molecular complexity index is 461. The van der Waals surface area contributed by atoms with E-state index in [0.717, 1.165) is 25.7 Å². The average Bonchev–Trinajstić information content (AvgIpc) is 2.54. The van der Waals surface area contributed by atoms with Crippen LogP contribution in [0.25, 0.3) is 0 Å². The van der Waals surface area contributed by atoms with Crippen LogP contribution in [0.1, 0.15) is 66.2 Å². The number of aliphatic hydroxyl groups is 2. The predicted octanol–water partition coefficient (Wildman–Crippen LogP) is 4.28. The molecule has 4 nitrogen and oxygen atoms in total. The fourth-order valence-electron chi connectivity index (χ4n) is 2.81. The van der Waals surface area contributed by atoms with Gasteiger partial charge in [0, 0.05) is 12.8 Å². The van der Waals surface area contributed by atoms with Gasteiger partial charge < -0.3 is 19.7 Å². The molecule has 0 aromatic carbocycles. The zero-order valence-corrected chi connectivity index (χ0v) is 16.3. The van der Waals surface area contributed by atoms with Crippen LogP contribution in [0.5, 0.6) is 0 Å². The smallest absolute Gasteiger partial charge is 0.160 e. The van der Waals surface area contributed by atoms with Crippen LogP contribution in [0.4, 0.5) is 0 Å². The Morgan fingerprint density at radius 1 is 1.00 bits per heavy atom. The highest BCUT2D eigenvalue weighted by atomic mass is 16.7. The third kappa shape index (κ3) is 10.6. The molecule has 0 radical (unpaired) electrons. The van der Waals surface area contributed by atoms with Crippen molar-refractivity contribution in [2.24, 2.45) is 0 Å². The van der Waals surface area contributed by atoms with Crippen LogP contribution in [0.3, 0.4) is 0 Å². The van der Waals surface area contributed by atoms with Crippen molar-refractivity contribution in [3.05, 3.63) is 34.9 Å². The van der Waals surface area contributed by atoms with Gasteiger partial charge in [-0.25, -0.2) is 0 Å². The number of hydrogen-bond donors (Lipinski definition) is 2. The van der Waals surface area contributed by atoms with Crippen molar-refractivity contribution in [3.8, 4) is 0 Å². The van der Waals surface area contributed by atoms with E-state index in [4.69, 9.17) is 14.6 Å². The van der Waals surface area contributed by atoms with Crippen LogP contribution < -0.4 is 0 Å². The minimum atomic E-state index is -0.458. The second-order valence-corrected chi connectivity index (χ2v) is 7.29. The molecule has 3 atom stereocenters. The average molecular weight is 353 g/mol. The SMILES string of the molecule is CC(C)=CCC/C(C)=C/CC/C(C)=C/COC1CC(O)C[C@@H](CO)O1. The Morgan fingerprint density at radius 2 is 1.64 bits per heavy atom.